The molecule has 2 aromatic rings. The van der Waals surface area contributed by atoms with Crippen LogP contribution < -0.4 is 5.73 Å². The highest BCUT2D eigenvalue weighted by Crippen LogP contribution is 2.23. The number of nitrogen functional groups attached to an aromatic ring is 1. The Bertz CT molecular complexity index is 572. The number of methoxy groups -OCH3 is 1. The maximum Gasteiger partial charge on any atom is 0.161 e. The minimum Gasteiger partial charge on any atom is -0.384 e. The van der Waals surface area contributed by atoms with Crippen LogP contribution in [0.2, 0.25) is 5.02 Å². The van der Waals surface area contributed by atoms with Gasteiger partial charge in [-0.3, -0.25) is 0 Å². The van der Waals surface area contributed by atoms with E-state index >= 15 is 0 Å². The van der Waals surface area contributed by atoms with Gasteiger partial charge in [-0.1, -0.05) is 23.7 Å². The Labute approximate surface area is 111 Å². The van der Waals surface area contributed by atoms with Crippen molar-refractivity contribution in [2.75, 3.05) is 12.8 Å². The van der Waals surface area contributed by atoms with Crippen molar-refractivity contribution >= 4 is 17.4 Å². The van der Waals surface area contributed by atoms with Crippen molar-refractivity contribution < 1.29 is 4.74 Å². The molecule has 1 aromatic carbocycles. The summed E-state index contributed by atoms with van der Waals surface area (Å²) in [4.78, 5) is 8.60. The number of hydrogen-bond donors (Lipinski definition) is 1. The standard InChI is InChI=1S/C13H14ClN3O/c1-8-3-4-9(5-11(8)14)13-16-10(7-18-2)6-12(15)17-13/h3-6H,7H2,1-2H3,(H2,15,16,17). The SMILES string of the molecule is COCc1cc(N)nc(-c2ccc(C)c(Cl)c2)n1. The zero-order valence-corrected chi connectivity index (χ0v) is 11.0. The molecule has 0 radical (unpaired) electrons. The van der Waals surface area contributed by atoms with Crippen LogP contribution in [0, 0.1) is 6.92 Å². The highest BCUT2D eigenvalue weighted by atomic mass is 35.5. The molecule has 0 unspecified atom stereocenters. The van der Waals surface area contributed by atoms with Gasteiger partial charge in [-0.15, -0.1) is 0 Å². The number of benzene rings is 1. The second kappa shape index (κ2) is 5.33. The lowest BCUT2D eigenvalue weighted by atomic mass is 10.1. The molecule has 0 spiro atoms. The summed E-state index contributed by atoms with van der Waals surface area (Å²) in [5.74, 6) is 0.979. The maximum absolute atomic E-state index is 6.09. The molecule has 5 heteroatoms. The lowest BCUT2D eigenvalue weighted by molar-refractivity contribution is 0.181. The molecule has 0 atom stereocenters. The van der Waals surface area contributed by atoms with Crippen LogP contribution in [0.1, 0.15) is 11.3 Å². The van der Waals surface area contributed by atoms with Crippen LogP contribution >= 0.6 is 11.6 Å². The molecule has 2 rings (SSSR count). The summed E-state index contributed by atoms with van der Waals surface area (Å²) >= 11 is 6.09. The summed E-state index contributed by atoms with van der Waals surface area (Å²) in [5, 5.41) is 0.687. The van der Waals surface area contributed by atoms with Crippen LogP contribution in [0.3, 0.4) is 0 Å². The third kappa shape index (κ3) is 2.78. The molecule has 0 aliphatic heterocycles. The molecule has 1 aromatic heterocycles. The predicted molar refractivity (Wildman–Crippen MR) is 72.3 cm³/mol. The quantitative estimate of drug-likeness (QED) is 0.925. The van der Waals surface area contributed by atoms with Gasteiger partial charge in [0.1, 0.15) is 5.82 Å². The third-order valence-corrected chi connectivity index (χ3v) is 2.93. The Kier molecular flexibility index (Phi) is 3.79. The topological polar surface area (TPSA) is 61.0 Å². The molecule has 0 saturated heterocycles. The number of ether oxygens (including phenoxy) is 1. The number of anilines is 1. The molecule has 0 amide bonds. The van der Waals surface area contributed by atoms with Gasteiger partial charge < -0.3 is 10.5 Å². The van der Waals surface area contributed by atoms with Gasteiger partial charge in [-0.2, -0.15) is 0 Å². The number of hydrogen-bond acceptors (Lipinski definition) is 4. The average molecular weight is 264 g/mol. The van der Waals surface area contributed by atoms with Crippen molar-refractivity contribution in [3.05, 3.63) is 40.5 Å². The smallest absolute Gasteiger partial charge is 0.161 e. The zero-order chi connectivity index (χ0) is 13.1. The third-order valence-electron chi connectivity index (χ3n) is 2.52. The molecule has 1 heterocycles. The Hall–Kier alpha value is -1.65. The van der Waals surface area contributed by atoms with E-state index in [2.05, 4.69) is 9.97 Å². The van der Waals surface area contributed by atoms with Gasteiger partial charge in [0, 0.05) is 23.8 Å². The first kappa shape index (κ1) is 12.8. The first-order valence-electron chi connectivity index (χ1n) is 5.49. The van der Waals surface area contributed by atoms with Crippen LogP contribution in [0.25, 0.3) is 11.4 Å². The largest absolute Gasteiger partial charge is 0.384 e. The number of aromatic nitrogens is 2. The van der Waals surface area contributed by atoms with Crippen molar-refractivity contribution in [2.45, 2.75) is 13.5 Å². The molecule has 2 N–H and O–H groups in total. The average Bonchev–Trinajstić information content (AvgIpc) is 2.32. The van der Waals surface area contributed by atoms with Crippen LogP contribution in [0.4, 0.5) is 5.82 Å². The Morgan fingerprint density at radius 1 is 1.28 bits per heavy atom. The summed E-state index contributed by atoms with van der Waals surface area (Å²) in [5.41, 5.74) is 8.36. The Morgan fingerprint density at radius 3 is 2.72 bits per heavy atom. The Morgan fingerprint density at radius 2 is 2.06 bits per heavy atom. The Balaban J connectivity index is 2.46. The minimum atomic E-state index is 0.402. The zero-order valence-electron chi connectivity index (χ0n) is 10.3. The van der Waals surface area contributed by atoms with Crippen LogP contribution in [-0.2, 0) is 11.3 Å². The molecular weight excluding hydrogens is 250 g/mol. The fourth-order valence-electron chi connectivity index (χ4n) is 1.60. The van der Waals surface area contributed by atoms with Gasteiger partial charge in [0.2, 0.25) is 0 Å². The van der Waals surface area contributed by atoms with E-state index < -0.39 is 0 Å². The molecule has 0 fully saturated rings. The van der Waals surface area contributed by atoms with Crippen molar-refractivity contribution in [3.8, 4) is 11.4 Å². The highest BCUT2D eigenvalue weighted by molar-refractivity contribution is 6.31. The fourth-order valence-corrected chi connectivity index (χ4v) is 1.78. The predicted octanol–water partition coefficient (Wildman–Crippen LogP) is 2.83. The van der Waals surface area contributed by atoms with Crippen LogP contribution in [0.5, 0.6) is 0 Å². The summed E-state index contributed by atoms with van der Waals surface area (Å²) < 4.78 is 5.04. The summed E-state index contributed by atoms with van der Waals surface area (Å²) in [6.07, 6.45) is 0. The van der Waals surface area contributed by atoms with E-state index in [0.29, 0.717) is 23.3 Å². The molecular formula is C13H14ClN3O. The lowest BCUT2D eigenvalue weighted by Crippen LogP contribution is -2.01. The van der Waals surface area contributed by atoms with E-state index in [9.17, 15) is 0 Å². The molecule has 0 aliphatic carbocycles. The number of aryl methyl sites for hydroxylation is 1. The second-order valence-corrected chi connectivity index (χ2v) is 4.41. The first-order valence-corrected chi connectivity index (χ1v) is 5.87. The van der Waals surface area contributed by atoms with Crippen molar-refractivity contribution in [2.24, 2.45) is 0 Å². The van der Waals surface area contributed by atoms with Crippen molar-refractivity contribution in [1.29, 1.82) is 0 Å². The molecule has 18 heavy (non-hydrogen) atoms. The van der Waals surface area contributed by atoms with Crippen molar-refractivity contribution in [1.82, 2.24) is 9.97 Å². The molecule has 0 bridgehead atoms. The normalized spacial score (nSPS) is 10.6. The lowest BCUT2D eigenvalue weighted by Gasteiger charge is -2.06. The van der Waals surface area contributed by atoms with Gasteiger partial charge in [-0.25, -0.2) is 9.97 Å². The molecule has 0 saturated carbocycles. The summed E-state index contributed by atoms with van der Waals surface area (Å²) in [7, 11) is 1.61. The van der Waals surface area contributed by atoms with Crippen LogP contribution in [-0.4, -0.2) is 17.1 Å². The number of halogens is 1. The van der Waals surface area contributed by atoms with E-state index in [-0.39, 0.29) is 0 Å². The molecule has 4 nitrogen and oxygen atoms in total. The monoisotopic (exact) mass is 263 g/mol. The summed E-state index contributed by atoms with van der Waals surface area (Å²) in [6, 6.07) is 7.39. The van der Waals surface area contributed by atoms with Crippen molar-refractivity contribution in [3.63, 3.8) is 0 Å². The van der Waals surface area contributed by atoms with Gasteiger partial charge in [0.25, 0.3) is 0 Å². The fraction of sp³-hybridized carbons (Fsp3) is 0.231. The van der Waals surface area contributed by atoms with E-state index in [1.54, 1.807) is 13.2 Å². The number of rotatable bonds is 3. The van der Waals surface area contributed by atoms with E-state index in [1.807, 2.05) is 25.1 Å². The molecule has 94 valence electrons. The van der Waals surface area contributed by atoms with Gasteiger partial charge >= 0.3 is 0 Å². The second-order valence-electron chi connectivity index (χ2n) is 4.00. The van der Waals surface area contributed by atoms with E-state index in [0.717, 1.165) is 16.8 Å². The summed E-state index contributed by atoms with van der Waals surface area (Å²) in [6.45, 7) is 2.35. The van der Waals surface area contributed by atoms with E-state index in [4.69, 9.17) is 22.1 Å². The highest BCUT2D eigenvalue weighted by Gasteiger charge is 2.07. The van der Waals surface area contributed by atoms with Gasteiger partial charge in [-0.05, 0) is 18.6 Å². The van der Waals surface area contributed by atoms with Gasteiger partial charge in [0.05, 0.1) is 12.3 Å². The number of nitrogens with two attached hydrogens (primary N) is 1. The molecule has 0 aliphatic rings. The minimum absolute atomic E-state index is 0.402. The van der Waals surface area contributed by atoms with Gasteiger partial charge in [0.15, 0.2) is 5.82 Å². The first-order chi connectivity index (χ1) is 8.60. The van der Waals surface area contributed by atoms with E-state index in [1.165, 1.54) is 0 Å². The number of nitrogens with zero attached hydrogens (tertiary/aromatic N) is 2. The maximum atomic E-state index is 6.09. The van der Waals surface area contributed by atoms with Crippen LogP contribution in [0.15, 0.2) is 24.3 Å².